The van der Waals surface area contributed by atoms with Gasteiger partial charge in [-0.3, -0.25) is 4.79 Å². The van der Waals surface area contributed by atoms with Gasteiger partial charge in [0.25, 0.3) is 0 Å². The molecule has 5 rings (SSSR count). The van der Waals surface area contributed by atoms with Gasteiger partial charge >= 0.3 is 0 Å². The van der Waals surface area contributed by atoms with Gasteiger partial charge in [0, 0.05) is 55.4 Å². The second kappa shape index (κ2) is 12.0. The number of carbonyl (C=O) groups excluding carboxylic acids is 1. The molecule has 0 saturated carbocycles. The summed E-state index contributed by atoms with van der Waals surface area (Å²) in [5.41, 5.74) is 5.05. The number of fused-ring (bicyclic) bond motifs is 3. The Morgan fingerprint density at radius 3 is 2.76 bits per heavy atom. The highest BCUT2D eigenvalue weighted by molar-refractivity contribution is 6.02. The lowest BCUT2D eigenvalue weighted by Crippen LogP contribution is -2.29. The van der Waals surface area contributed by atoms with Crippen molar-refractivity contribution >= 4 is 39.8 Å². The van der Waals surface area contributed by atoms with Gasteiger partial charge in [-0.25, -0.2) is 14.4 Å². The number of alkyl halides is 1. The van der Waals surface area contributed by atoms with Crippen LogP contribution in [0.2, 0.25) is 0 Å². The van der Waals surface area contributed by atoms with Crippen LogP contribution in [0, 0.1) is 0 Å². The lowest BCUT2D eigenvalue weighted by molar-refractivity contribution is -0.111. The van der Waals surface area contributed by atoms with Crippen molar-refractivity contribution in [3.05, 3.63) is 67.0 Å². The van der Waals surface area contributed by atoms with E-state index in [-0.39, 0.29) is 5.91 Å². The van der Waals surface area contributed by atoms with Gasteiger partial charge in [-0.2, -0.15) is 0 Å². The lowest BCUT2D eigenvalue weighted by atomic mass is 10.0. The van der Waals surface area contributed by atoms with Crippen molar-refractivity contribution in [2.24, 2.45) is 0 Å². The standard InChI is InChI=1S/C31H36FN7O2/c1-6-28(40)34-23-18-24(27(41-5)19-26(23)38(4)17-16-37(2)3)36-31-33-14-13-22(35-31)29-20-10-7-8-12-25(20)39-15-9-11-21(32)30(29)39/h6-8,10,12-14,18-19,21H,1,9,11,15-17H2,2-5H3,(H,34,40)(H,33,35,36). The van der Waals surface area contributed by atoms with E-state index in [1.807, 2.05) is 57.5 Å². The second-order valence-electron chi connectivity index (χ2n) is 10.4. The molecule has 0 aliphatic carbocycles. The third-order valence-electron chi connectivity index (χ3n) is 7.36. The zero-order valence-corrected chi connectivity index (χ0v) is 23.9. The number of rotatable bonds is 10. The van der Waals surface area contributed by atoms with Crippen LogP contribution in [0.3, 0.4) is 0 Å². The summed E-state index contributed by atoms with van der Waals surface area (Å²) in [6.45, 7) is 5.92. The Labute approximate surface area is 239 Å². The van der Waals surface area contributed by atoms with Crippen molar-refractivity contribution < 1.29 is 13.9 Å². The van der Waals surface area contributed by atoms with Crippen LogP contribution in [0.5, 0.6) is 5.75 Å². The van der Waals surface area contributed by atoms with Crippen molar-refractivity contribution in [3.8, 4) is 17.0 Å². The number of aryl methyl sites for hydroxylation is 1. The predicted molar refractivity (Wildman–Crippen MR) is 163 cm³/mol. The van der Waals surface area contributed by atoms with Gasteiger partial charge in [0.2, 0.25) is 11.9 Å². The Kier molecular flexibility index (Phi) is 8.21. The highest BCUT2D eigenvalue weighted by atomic mass is 19.1. The average molecular weight is 558 g/mol. The molecule has 0 fully saturated rings. The molecule has 1 amide bonds. The number of likely N-dealkylation sites (N-methyl/N-ethyl adjacent to an activating group) is 2. The number of aromatic nitrogens is 3. The molecule has 4 aromatic rings. The molecule has 2 N–H and O–H groups in total. The van der Waals surface area contributed by atoms with Crippen molar-refractivity contribution in [1.29, 1.82) is 0 Å². The van der Waals surface area contributed by atoms with Crippen molar-refractivity contribution in [1.82, 2.24) is 19.4 Å². The number of hydrogen-bond donors (Lipinski definition) is 2. The maximum Gasteiger partial charge on any atom is 0.247 e. The van der Waals surface area contributed by atoms with Crippen LogP contribution < -0.4 is 20.3 Å². The molecule has 1 aliphatic rings. The molecule has 214 valence electrons. The summed E-state index contributed by atoms with van der Waals surface area (Å²) in [7, 11) is 7.57. The molecular formula is C31H36FN7O2. The van der Waals surface area contributed by atoms with E-state index >= 15 is 4.39 Å². The highest BCUT2D eigenvalue weighted by Gasteiger charge is 2.28. The van der Waals surface area contributed by atoms with Crippen LogP contribution in [-0.2, 0) is 11.3 Å². The second-order valence-corrected chi connectivity index (χ2v) is 10.4. The SMILES string of the molecule is C=CC(=O)Nc1cc(Nc2nccc(-c3c4n(c5ccccc35)CCCC4F)n2)c(OC)cc1N(C)CCN(C)C. The Bertz CT molecular complexity index is 1580. The highest BCUT2D eigenvalue weighted by Crippen LogP contribution is 2.43. The van der Waals surface area contributed by atoms with Crippen LogP contribution in [0.25, 0.3) is 22.2 Å². The molecule has 0 saturated heterocycles. The lowest BCUT2D eigenvalue weighted by Gasteiger charge is -2.26. The normalized spacial score (nSPS) is 14.5. The van der Waals surface area contributed by atoms with E-state index in [1.165, 1.54) is 6.08 Å². The Balaban J connectivity index is 1.54. The zero-order chi connectivity index (χ0) is 29.1. The van der Waals surface area contributed by atoms with Crippen LogP contribution in [-0.4, -0.2) is 66.7 Å². The first-order valence-corrected chi connectivity index (χ1v) is 13.7. The number of methoxy groups -OCH3 is 1. The fourth-order valence-corrected chi connectivity index (χ4v) is 5.31. The summed E-state index contributed by atoms with van der Waals surface area (Å²) < 4.78 is 23.2. The third-order valence-corrected chi connectivity index (χ3v) is 7.36. The summed E-state index contributed by atoms with van der Waals surface area (Å²) in [6.07, 6.45) is 3.12. The van der Waals surface area contributed by atoms with Gasteiger partial charge in [-0.05, 0) is 51.2 Å². The van der Waals surface area contributed by atoms with Gasteiger partial charge in [0.1, 0.15) is 11.9 Å². The zero-order valence-electron chi connectivity index (χ0n) is 23.9. The number of nitrogens with zero attached hydrogens (tertiary/aromatic N) is 5. The number of amides is 1. The Morgan fingerprint density at radius 1 is 1.20 bits per heavy atom. The first kappa shape index (κ1) is 28.1. The first-order chi connectivity index (χ1) is 19.8. The van der Waals surface area contributed by atoms with E-state index in [0.29, 0.717) is 40.9 Å². The van der Waals surface area contributed by atoms with E-state index in [4.69, 9.17) is 9.72 Å². The quantitative estimate of drug-likeness (QED) is 0.239. The number of carbonyl (C=O) groups is 1. The fourth-order valence-electron chi connectivity index (χ4n) is 5.31. The number of para-hydroxylation sites is 1. The van der Waals surface area contributed by atoms with Crippen LogP contribution in [0.1, 0.15) is 24.7 Å². The van der Waals surface area contributed by atoms with Gasteiger partial charge in [-0.1, -0.05) is 24.8 Å². The molecule has 2 aromatic heterocycles. The van der Waals surface area contributed by atoms with Crippen LogP contribution in [0.15, 0.2) is 61.3 Å². The van der Waals surface area contributed by atoms with Gasteiger partial charge < -0.3 is 29.7 Å². The molecule has 1 unspecified atom stereocenters. The summed E-state index contributed by atoms with van der Waals surface area (Å²) >= 11 is 0. The average Bonchev–Trinajstić information content (AvgIpc) is 3.32. The van der Waals surface area contributed by atoms with Gasteiger partial charge in [0.15, 0.2) is 0 Å². The molecular weight excluding hydrogens is 521 g/mol. The van der Waals surface area contributed by atoms with Gasteiger partial charge in [-0.15, -0.1) is 0 Å². The molecule has 1 aliphatic heterocycles. The third kappa shape index (κ3) is 5.74. The first-order valence-electron chi connectivity index (χ1n) is 13.7. The molecule has 2 aromatic carbocycles. The molecule has 0 bridgehead atoms. The van der Waals surface area contributed by atoms with E-state index in [0.717, 1.165) is 48.2 Å². The van der Waals surface area contributed by atoms with E-state index in [2.05, 4.69) is 36.6 Å². The minimum atomic E-state index is -1.06. The smallest absolute Gasteiger partial charge is 0.247 e. The molecule has 3 heterocycles. The van der Waals surface area contributed by atoms with E-state index in [1.54, 1.807) is 19.4 Å². The summed E-state index contributed by atoms with van der Waals surface area (Å²) in [5.74, 6) is 0.552. The number of anilines is 4. The fraction of sp³-hybridized carbons (Fsp3) is 0.323. The number of ether oxygens (including phenoxy) is 1. The van der Waals surface area contributed by atoms with E-state index in [9.17, 15) is 4.79 Å². The number of nitrogens with one attached hydrogen (secondary N) is 2. The Hall–Kier alpha value is -4.44. The van der Waals surface area contributed by atoms with Crippen molar-refractivity contribution in [3.63, 3.8) is 0 Å². The maximum absolute atomic E-state index is 15.3. The minimum absolute atomic E-state index is 0.325. The van der Waals surface area contributed by atoms with Crippen molar-refractivity contribution in [2.75, 3.05) is 56.9 Å². The molecule has 10 heteroatoms. The Morgan fingerprint density at radius 2 is 2.00 bits per heavy atom. The monoisotopic (exact) mass is 557 g/mol. The number of benzene rings is 2. The maximum atomic E-state index is 15.3. The van der Waals surface area contributed by atoms with Crippen molar-refractivity contribution in [2.45, 2.75) is 25.6 Å². The molecule has 9 nitrogen and oxygen atoms in total. The summed E-state index contributed by atoms with van der Waals surface area (Å²) in [5, 5.41) is 7.13. The molecule has 0 radical (unpaired) electrons. The summed E-state index contributed by atoms with van der Waals surface area (Å²) in [4.78, 5) is 25.7. The molecule has 1 atom stereocenters. The number of hydrogen-bond acceptors (Lipinski definition) is 7. The minimum Gasteiger partial charge on any atom is -0.494 e. The number of halogens is 1. The largest absolute Gasteiger partial charge is 0.494 e. The summed E-state index contributed by atoms with van der Waals surface area (Å²) in [6, 6.07) is 13.5. The van der Waals surface area contributed by atoms with Gasteiger partial charge in [0.05, 0.1) is 35.6 Å². The van der Waals surface area contributed by atoms with Crippen LogP contribution >= 0.6 is 0 Å². The van der Waals surface area contributed by atoms with E-state index < -0.39 is 6.17 Å². The topological polar surface area (TPSA) is 87.5 Å². The molecule has 0 spiro atoms. The molecule has 41 heavy (non-hydrogen) atoms. The predicted octanol–water partition coefficient (Wildman–Crippen LogP) is 5.78. The van der Waals surface area contributed by atoms with Crippen LogP contribution in [0.4, 0.5) is 27.4 Å².